The minimum absolute atomic E-state index is 0.308. The maximum Gasteiger partial charge on any atom is 0.340 e. The lowest BCUT2D eigenvalue weighted by Crippen LogP contribution is -2.08. The lowest BCUT2D eigenvalue weighted by Gasteiger charge is -2.09. The summed E-state index contributed by atoms with van der Waals surface area (Å²) in [5.74, 6) is -0.437. The largest absolute Gasteiger partial charge is 0.462 e. The Bertz CT molecular complexity index is 572. The molecule has 3 N–H and O–H groups in total. The minimum atomic E-state index is -0.437. The third-order valence-corrected chi connectivity index (χ3v) is 2.40. The zero-order valence-corrected chi connectivity index (χ0v) is 10.5. The molecular weight excluding hydrogens is 244 g/mol. The number of anilines is 3. The van der Waals surface area contributed by atoms with Gasteiger partial charge in [0.05, 0.1) is 30.3 Å². The van der Waals surface area contributed by atoms with E-state index in [0.717, 1.165) is 5.69 Å². The van der Waals surface area contributed by atoms with Gasteiger partial charge < -0.3 is 15.8 Å². The highest BCUT2D eigenvalue weighted by Crippen LogP contribution is 2.21. The van der Waals surface area contributed by atoms with Crippen LogP contribution in [0.25, 0.3) is 0 Å². The molecule has 0 atom stereocenters. The van der Waals surface area contributed by atoms with Gasteiger partial charge in [0.15, 0.2) is 0 Å². The van der Waals surface area contributed by atoms with Crippen LogP contribution in [0.3, 0.4) is 0 Å². The molecule has 0 spiro atoms. The van der Waals surface area contributed by atoms with Crippen molar-refractivity contribution in [2.24, 2.45) is 0 Å². The first-order chi connectivity index (χ1) is 9.20. The van der Waals surface area contributed by atoms with Gasteiger partial charge in [-0.15, -0.1) is 0 Å². The quantitative estimate of drug-likeness (QED) is 0.643. The summed E-state index contributed by atoms with van der Waals surface area (Å²) >= 11 is 0. The van der Waals surface area contributed by atoms with Crippen molar-refractivity contribution in [2.75, 3.05) is 17.7 Å². The molecule has 19 heavy (non-hydrogen) atoms. The van der Waals surface area contributed by atoms with E-state index in [4.69, 9.17) is 10.5 Å². The van der Waals surface area contributed by atoms with E-state index in [1.807, 2.05) is 0 Å². The van der Waals surface area contributed by atoms with Crippen LogP contribution in [0.15, 0.2) is 36.9 Å². The van der Waals surface area contributed by atoms with Gasteiger partial charge in [-0.2, -0.15) is 0 Å². The molecule has 2 aromatic rings. The van der Waals surface area contributed by atoms with Gasteiger partial charge >= 0.3 is 5.97 Å². The Hall–Kier alpha value is -2.63. The van der Waals surface area contributed by atoms with Crippen LogP contribution in [-0.4, -0.2) is 22.5 Å². The molecule has 0 aliphatic heterocycles. The first-order valence-corrected chi connectivity index (χ1v) is 5.79. The Labute approximate surface area is 110 Å². The van der Waals surface area contributed by atoms with Crippen molar-refractivity contribution in [1.82, 2.24) is 9.97 Å². The highest BCUT2D eigenvalue weighted by Gasteiger charge is 2.11. The van der Waals surface area contributed by atoms with Gasteiger partial charge in [-0.25, -0.2) is 14.8 Å². The molecule has 0 saturated heterocycles. The Morgan fingerprint density at radius 3 is 2.74 bits per heavy atom. The van der Waals surface area contributed by atoms with Crippen LogP contribution in [-0.2, 0) is 4.74 Å². The number of carbonyl (C=O) groups is 1. The van der Waals surface area contributed by atoms with Gasteiger partial charge in [-0.1, -0.05) is 0 Å². The third-order valence-electron chi connectivity index (χ3n) is 2.40. The van der Waals surface area contributed by atoms with Gasteiger partial charge in [-0.05, 0) is 25.1 Å². The molecule has 0 amide bonds. The Balaban J connectivity index is 2.23. The molecule has 6 heteroatoms. The van der Waals surface area contributed by atoms with Crippen molar-refractivity contribution >= 4 is 23.0 Å². The van der Waals surface area contributed by atoms with E-state index in [2.05, 4.69) is 15.3 Å². The first-order valence-electron chi connectivity index (χ1n) is 5.79. The second-order valence-corrected chi connectivity index (χ2v) is 3.77. The number of nitrogens with two attached hydrogens (primary N) is 1. The SMILES string of the molecule is CCOC(=O)c1cc(Nc2cncnc2)ccc1N. The van der Waals surface area contributed by atoms with E-state index >= 15 is 0 Å². The number of benzene rings is 1. The maximum absolute atomic E-state index is 11.7. The highest BCUT2D eigenvalue weighted by molar-refractivity contribution is 5.96. The molecular formula is C13H14N4O2. The molecule has 1 heterocycles. The Kier molecular flexibility index (Phi) is 3.92. The summed E-state index contributed by atoms with van der Waals surface area (Å²) in [6.07, 6.45) is 4.71. The predicted octanol–water partition coefficient (Wildman–Crippen LogP) is 1.98. The molecule has 0 saturated carbocycles. The van der Waals surface area contributed by atoms with E-state index in [9.17, 15) is 4.79 Å². The molecule has 1 aromatic carbocycles. The van der Waals surface area contributed by atoms with E-state index < -0.39 is 5.97 Å². The summed E-state index contributed by atoms with van der Waals surface area (Å²) in [5.41, 5.74) is 7.92. The van der Waals surface area contributed by atoms with Crippen LogP contribution in [0.4, 0.5) is 17.1 Å². The van der Waals surface area contributed by atoms with Crippen LogP contribution in [0, 0.1) is 0 Å². The van der Waals surface area contributed by atoms with Gasteiger partial charge in [0.1, 0.15) is 6.33 Å². The molecule has 0 unspecified atom stereocenters. The molecule has 0 bridgehead atoms. The number of carbonyl (C=O) groups excluding carboxylic acids is 1. The zero-order chi connectivity index (χ0) is 13.7. The summed E-state index contributed by atoms with van der Waals surface area (Å²) < 4.78 is 4.94. The van der Waals surface area contributed by atoms with Gasteiger partial charge in [0.25, 0.3) is 0 Å². The molecule has 6 nitrogen and oxygen atoms in total. The van der Waals surface area contributed by atoms with Crippen LogP contribution in [0.5, 0.6) is 0 Å². The van der Waals surface area contributed by atoms with Crippen LogP contribution < -0.4 is 11.1 Å². The number of nitrogens with zero attached hydrogens (tertiary/aromatic N) is 2. The summed E-state index contributed by atoms with van der Waals surface area (Å²) in [4.78, 5) is 19.5. The van der Waals surface area contributed by atoms with E-state index in [1.165, 1.54) is 6.33 Å². The fourth-order valence-corrected chi connectivity index (χ4v) is 1.55. The van der Waals surface area contributed by atoms with Crippen LogP contribution in [0.1, 0.15) is 17.3 Å². The van der Waals surface area contributed by atoms with Gasteiger partial charge in [-0.3, -0.25) is 0 Å². The van der Waals surface area contributed by atoms with Crippen LogP contribution in [0.2, 0.25) is 0 Å². The second-order valence-electron chi connectivity index (χ2n) is 3.77. The van der Waals surface area contributed by atoms with Crippen LogP contribution >= 0.6 is 0 Å². The van der Waals surface area contributed by atoms with Gasteiger partial charge in [0, 0.05) is 11.4 Å². The lowest BCUT2D eigenvalue weighted by atomic mass is 10.1. The number of rotatable bonds is 4. The number of hydrogen-bond donors (Lipinski definition) is 2. The summed E-state index contributed by atoms with van der Waals surface area (Å²) in [6, 6.07) is 5.06. The molecule has 0 aliphatic carbocycles. The first kappa shape index (κ1) is 12.8. The summed E-state index contributed by atoms with van der Waals surface area (Å²) in [5, 5.41) is 3.08. The fraction of sp³-hybridized carbons (Fsp3) is 0.154. The minimum Gasteiger partial charge on any atom is -0.462 e. The Morgan fingerprint density at radius 1 is 1.32 bits per heavy atom. The second kappa shape index (κ2) is 5.81. The molecule has 1 aromatic heterocycles. The van der Waals surface area contributed by atoms with Gasteiger partial charge in [0.2, 0.25) is 0 Å². The zero-order valence-electron chi connectivity index (χ0n) is 10.5. The maximum atomic E-state index is 11.7. The summed E-state index contributed by atoms with van der Waals surface area (Å²) in [7, 11) is 0. The predicted molar refractivity (Wildman–Crippen MR) is 72.1 cm³/mol. The standard InChI is InChI=1S/C13H14N4O2/c1-2-19-13(18)11-5-9(3-4-12(11)14)17-10-6-15-8-16-7-10/h3-8,17H,2,14H2,1H3. The number of nitrogens with one attached hydrogen (secondary N) is 1. The Morgan fingerprint density at radius 2 is 2.05 bits per heavy atom. The van der Waals surface area contributed by atoms with E-state index in [0.29, 0.717) is 23.5 Å². The molecule has 0 aliphatic rings. The number of esters is 1. The van der Waals surface area contributed by atoms with Crippen molar-refractivity contribution in [3.63, 3.8) is 0 Å². The number of ether oxygens (including phenoxy) is 1. The van der Waals surface area contributed by atoms with E-state index in [-0.39, 0.29) is 0 Å². The molecule has 0 fully saturated rings. The van der Waals surface area contributed by atoms with Crippen molar-refractivity contribution in [3.05, 3.63) is 42.5 Å². The molecule has 0 radical (unpaired) electrons. The topological polar surface area (TPSA) is 90.1 Å². The number of aromatic nitrogens is 2. The average molecular weight is 258 g/mol. The number of nitrogen functional groups attached to an aromatic ring is 1. The monoisotopic (exact) mass is 258 g/mol. The highest BCUT2D eigenvalue weighted by atomic mass is 16.5. The third kappa shape index (κ3) is 3.19. The normalized spacial score (nSPS) is 9.95. The van der Waals surface area contributed by atoms with Crippen molar-refractivity contribution in [3.8, 4) is 0 Å². The average Bonchev–Trinajstić information content (AvgIpc) is 2.42. The smallest absolute Gasteiger partial charge is 0.340 e. The van der Waals surface area contributed by atoms with E-state index in [1.54, 1.807) is 37.5 Å². The fourth-order valence-electron chi connectivity index (χ4n) is 1.55. The van der Waals surface area contributed by atoms with Crippen molar-refractivity contribution in [2.45, 2.75) is 6.92 Å². The lowest BCUT2D eigenvalue weighted by molar-refractivity contribution is 0.0527. The summed E-state index contributed by atoms with van der Waals surface area (Å²) in [6.45, 7) is 2.06. The molecule has 98 valence electrons. The number of hydrogen-bond acceptors (Lipinski definition) is 6. The molecule has 2 rings (SSSR count). The van der Waals surface area contributed by atoms with Crippen molar-refractivity contribution in [1.29, 1.82) is 0 Å². The van der Waals surface area contributed by atoms with Crippen molar-refractivity contribution < 1.29 is 9.53 Å².